The first kappa shape index (κ1) is 31.0. The molecule has 2 fully saturated rings. The molecule has 4 heterocycles. The first-order valence-corrected chi connectivity index (χ1v) is 14.4. The number of pyridine rings is 1. The monoisotopic (exact) mass is 630 g/mol. The summed E-state index contributed by atoms with van der Waals surface area (Å²) in [5.41, 5.74) is 3.09. The molecular formula is C29H30ClF3N8O3. The van der Waals surface area contributed by atoms with Crippen molar-refractivity contribution < 1.29 is 27.9 Å². The number of carbonyl (C=O) groups excluding carboxylic acids is 1. The summed E-state index contributed by atoms with van der Waals surface area (Å²) in [6.45, 7) is 3.90. The van der Waals surface area contributed by atoms with E-state index in [4.69, 9.17) is 26.5 Å². The van der Waals surface area contributed by atoms with Crippen LogP contribution in [0.25, 0.3) is 11.0 Å². The standard InChI is InChI=1S/C27H29ClN8O.C2HF3O2/c28-19-4-3-5-20(15-19)32-26(37)23-14-18-16-31-27(34-25(18)36(23)21-6-1-2-7-21)33-24-9-8-22(17-30-24)35-12-10-29-11-13-35;3-2(4,5)1(6)7/h3-5,8-9,14-17,21,29H,1-2,6-7,10-13H2,(H,32,37)(H,30,31,33,34);(H,6,7). The fourth-order valence-electron chi connectivity index (χ4n) is 5.22. The van der Waals surface area contributed by atoms with Crippen LogP contribution < -0.4 is 20.9 Å². The highest BCUT2D eigenvalue weighted by Crippen LogP contribution is 2.35. The molecule has 15 heteroatoms. The predicted molar refractivity (Wildman–Crippen MR) is 161 cm³/mol. The molecule has 1 aliphatic carbocycles. The molecule has 0 unspecified atom stereocenters. The number of fused-ring (bicyclic) bond motifs is 1. The number of aromatic nitrogens is 4. The Morgan fingerprint density at radius 1 is 1.02 bits per heavy atom. The highest BCUT2D eigenvalue weighted by atomic mass is 35.5. The second-order valence-electron chi connectivity index (χ2n) is 10.3. The van der Waals surface area contributed by atoms with E-state index >= 15 is 0 Å². The van der Waals surface area contributed by atoms with Gasteiger partial charge in [0, 0.05) is 54.5 Å². The van der Waals surface area contributed by atoms with Crippen LogP contribution in [0.1, 0.15) is 42.2 Å². The van der Waals surface area contributed by atoms with Crippen LogP contribution in [0.2, 0.25) is 5.02 Å². The van der Waals surface area contributed by atoms with Crippen molar-refractivity contribution in [3.05, 3.63) is 65.6 Å². The number of hydrogen-bond acceptors (Lipinski definition) is 8. The number of hydrogen-bond donors (Lipinski definition) is 4. The van der Waals surface area contributed by atoms with Gasteiger partial charge in [-0.25, -0.2) is 14.8 Å². The Kier molecular flexibility index (Phi) is 9.49. The van der Waals surface area contributed by atoms with Gasteiger partial charge in [-0.05, 0) is 49.2 Å². The van der Waals surface area contributed by atoms with Crippen LogP contribution in [-0.2, 0) is 4.79 Å². The van der Waals surface area contributed by atoms with Gasteiger partial charge in [-0.2, -0.15) is 18.2 Å². The number of halogens is 4. The van der Waals surface area contributed by atoms with Crippen molar-refractivity contribution in [3.8, 4) is 0 Å². The third-order valence-corrected chi connectivity index (χ3v) is 7.53. The third kappa shape index (κ3) is 7.55. The molecule has 44 heavy (non-hydrogen) atoms. The first-order valence-electron chi connectivity index (χ1n) is 14.0. The fraction of sp³-hybridized carbons (Fsp3) is 0.345. The number of aliphatic carboxylic acids is 1. The van der Waals surface area contributed by atoms with E-state index in [0.717, 1.165) is 68.6 Å². The summed E-state index contributed by atoms with van der Waals surface area (Å²) in [5, 5.41) is 18.1. The van der Waals surface area contributed by atoms with Crippen molar-refractivity contribution in [2.45, 2.75) is 37.9 Å². The summed E-state index contributed by atoms with van der Waals surface area (Å²) >= 11 is 6.11. The molecule has 1 aliphatic heterocycles. The van der Waals surface area contributed by atoms with Crippen molar-refractivity contribution in [1.82, 2.24) is 24.8 Å². The van der Waals surface area contributed by atoms with Gasteiger partial charge in [0.2, 0.25) is 5.95 Å². The Bertz CT molecular complexity index is 1620. The molecule has 6 rings (SSSR count). The van der Waals surface area contributed by atoms with E-state index < -0.39 is 12.1 Å². The lowest BCUT2D eigenvalue weighted by molar-refractivity contribution is -0.192. The van der Waals surface area contributed by atoms with Crippen LogP contribution in [0.3, 0.4) is 0 Å². The van der Waals surface area contributed by atoms with Crippen LogP contribution >= 0.6 is 11.6 Å². The Labute approximate surface area is 255 Å². The molecule has 0 spiro atoms. The molecule has 0 radical (unpaired) electrons. The van der Waals surface area contributed by atoms with E-state index in [2.05, 4.69) is 41.5 Å². The number of benzene rings is 1. The summed E-state index contributed by atoms with van der Waals surface area (Å²) in [4.78, 5) is 38.5. The van der Waals surface area contributed by atoms with Crippen molar-refractivity contribution in [2.24, 2.45) is 0 Å². The lowest BCUT2D eigenvalue weighted by Gasteiger charge is -2.29. The van der Waals surface area contributed by atoms with Gasteiger partial charge < -0.3 is 30.5 Å². The van der Waals surface area contributed by atoms with Crippen LogP contribution in [-0.4, -0.2) is 68.9 Å². The van der Waals surface area contributed by atoms with E-state index in [9.17, 15) is 18.0 Å². The molecule has 1 amide bonds. The smallest absolute Gasteiger partial charge is 0.475 e. The van der Waals surface area contributed by atoms with Crippen molar-refractivity contribution >= 4 is 57.7 Å². The molecule has 1 saturated heterocycles. The Balaban J connectivity index is 0.000000493. The zero-order chi connectivity index (χ0) is 31.3. The normalized spacial score (nSPS) is 15.5. The van der Waals surface area contributed by atoms with Gasteiger partial charge in [-0.3, -0.25) is 4.79 Å². The highest BCUT2D eigenvalue weighted by Gasteiger charge is 2.38. The predicted octanol–water partition coefficient (Wildman–Crippen LogP) is 5.63. The lowest BCUT2D eigenvalue weighted by Crippen LogP contribution is -2.43. The minimum absolute atomic E-state index is 0.188. The second kappa shape index (κ2) is 13.5. The van der Waals surface area contributed by atoms with Crippen molar-refractivity contribution in [1.29, 1.82) is 0 Å². The maximum atomic E-state index is 13.4. The number of rotatable bonds is 6. The molecule has 4 aromatic rings. The summed E-state index contributed by atoms with van der Waals surface area (Å²) < 4.78 is 33.8. The number of piperazine rings is 1. The summed E-state index contributed by atoms with van der Waals surface area (Å²) in [6, 6.07) is 13.3. The van der Waals surface area contributed by atoms with Crippen molar-refractivity contribution in [3.63, 3.8) is 0 Å². The zero-order valence-corrected chi connectivity index (χ0v) is 24.2. The largest absolute Gasteiger partial charge is 0.490 e. The second-order valence-corrected chi connectivity index (χ2v) is 10.8. The van der Waals surface area contributed by atoms with Crippen LogP contribution in [0.15, 0.2) is 54.9 Å². The average molecular weight is 631 g/mol. The number of amides is 1. The molecule has 11 nitrogen and oxygen atoms in total. The molecule has 2 aliphatic rings. The zero-order valence-electron chi connectivity index (χ0n) is 23.4. The number of carbonyl (C=O) groups is 2. The molecule has 1 aromatic carbocycles. The number of carboxylic acid groups (broad SMARTS) is 1. The first-order chi connectivity index (χ1) is 21.1. The maximum Gasteiger partial charge on any atom is 0.490 e. The third-order valence-electron chi connectivity index (χ3n) is 7.29. The van der Waals surface area contributed by atoms with Crippen LogP contribution in [0.4, 0.5) is 36.3 Å². The fourth-order valence-corrected chi connectivity index (χ4v) is 5.41. The number of nitrogens with one attached hydrogen (secondary N) is 3. The summed E-state index contributed by atoms with van der Waals surface area (Å²) in [7, 11) is 0. The Hall–Kier alpha value is -4.43. The number of anilines is 4. The molecule has 232 valence electrons. The van der Waals surface area contributed by atoms with E-state index in [-0.39, 0.29) is 11.9 Å². The molecule has 0 atom stereocenters. The Morgan fingerprint density at radius 3 is 2.39 bits per heavy atom. The van der Waals surface area contributed by atoms with Gasteiger partial charge >= 0.3 is 12.1 Å². The lowest BCUT2D eigenvalue weighted by atomic mass is 10.2. The van der Waals surface area contributed by atoms with Crippen LogP contribution in [0.5, 0.6) is 0 Å². The molecule has 1 saturated carbocycles. The van der Waals surface area contributed by atoms with Crippen molar-refractivity contribution in [2.75, 3.05) is 41.7 Å². The van der Waals surface area contributed by atoms with Crippen LogP contribution in [0, 0.1) is 0 Å². The van der Waals surface area contributed by atoms with E-state index in [1.807, 2.05) is 30.5 Å². The topological polar surface area (TPSA) is 137 Å². The van der Waals surface area contributed by atoms with E-state index in [1.165, 1.54) is 0 Å². The Morgan fingerprint density at radius 2 is 1.75 bits per heavy atom. The van der Waals surface area contributed by atoms with Gasteiger partial charge in [-0.1, -0.05) is 30.5 Å². The van der Waals surface area contributed by atoms with E-state index in [1.54, 1.807) is 18.3 Å². The number of alkyl halides is 3. The number of carboxylic acids is 1. The molecule has 4 N–H and O–H groups in total. The molecule has 3 aromatic heterocycles. The van der Waals surface area contributed by atoms with Gasteiger partial charge in [0.15, 0.2) is 0 Å². The molecule has 0 bridgehead atoms. The van der Waals surface area contributed by atoms with E-state index in [0.29, 0.717) is 28.2 Å². The molecular weight excluding hydrogens is 601 g/mol. The maximum absolute atomic E-state index is 13.4. The minimum Gasteiger partial charge on any atom is -0.475 e. The van der Waals surface area contributed by atoms with Gasteiger partial charge in [0.25, 0.3) is 5.91 Å². The summed E-state index contributed by atoms with van der Waals surface area (Å²) in [5.74, 6) is -1.82. The average Bonchev–Trinajstić information content (AvgIpc) is 3.66. The highest BCUT2D eigenvalue weighted by molar-refractivity contribution is 6.31. The van der Waals surface area contributed by atoms with Gasteiger partial charge in [0.1, 0.15) is 17.2 Å². The van der Waals surface area contributed by atoms with Gasteiger partial charge in [-0.15, -0.1) is 0 Å². The minimum atomic E-state index is -5.08. The quantitative estimate of drug-likeness (QED) is 0.213. The van der Waals surface area contributed by atoms with Gasteiger partial charge in [0.05, 0.1) is 11.9 Å². The SMILES string of the molecule is O=C(Nc1cccc(Cl)c1)c1cc2cnc(Nc3ccc(N4CCNCC4)cn3)nc2n1C1CCCC1.O=C(O)C(F)(F)F. The summed E-state index contributed by atoms with van der Waals surface area (Å²) in [6.07, 6.45) is 2.87. The number of nitrogens with zero attached hydrogens (tertiary/aromatic N) is 5.